The van der Waals surface area contributed by atoms with Crippen molar-refractivity contribution in [3.05, 3.63) is 70.0 Å². The highest BCUT2D eigenvalue weighted by Crippen LogP contribution is 2.35. The summed E-state index contributed by atoms with van der Waals surface area (Å²) in [7, 11) is 3.84. The molecule has 12 nitrogen and oxygen atoms in total. The van der Waals surface area contributed by atoms with Gasteiger partial charge in [-0.1, -0.05) is 12.1 Å². The zero-order valence-electron chi connectivity index (χ0n) is 17.8. The van der Waals surface area contributed by atoms with Gasteiger partial charge in [-0.15, -0.1) is 0 Å². The normalized spacial score (nSPS) is 10.2. The predicted molar refractivity (Wildman–Crippen MR) is 117 cm³/mol. The maximum Gasteiger partial charge on any atom is 0.353 e. The summed E-state index contributed by atoms with van der Waals surface area (Å²) in [5.41, 5.74) is 0.224. The van der Waals surface area contributed by atoms with Crippen LogP contribution in [0.3, 0.4) is 0 Å². The number of benzene rings is 2. The Bertz CT molecular complexity index is 1180. The van der Waals surface area contributed by atoms with E-state index in [1.165, 1.54) is 39.5 Å². The summed E-state index contributed by atoms with van der Waals surface area (Å²) >= 11 is 0. The number of carbonyl (C=O) groups is 2. The van der Waals surface area contributed by atoms with E-state index in [9.17, 15) is 19.7 Å². The number of ether oxygens (including phenoxy) is 3. The number of methoxy groups -OCH3 is 3. The fourth-order valence-corrected chi connectivity index (χ4v) is 2.92. The zero-order chi connectivity index (χ0) is 24.0. The van der Waals surface area contributed by atoms with Crippen molar-refractivity contribution in [1.82, 2.24) is 9.97 Å². The summed E-state index contributed by atoms with van der Waals surface area (Å²) in [6.07, 6.45) is 1.12. The van der Waals surface area contributed by atoms with Crippen LogP contribution in [-0.2, 0) is 9.47 Å². The van der Waals surface area contributed by atoms with Crippen LogP contribution in [0.15, 0.2) is 48.8 Å². The van der Waals surface area contributed by atoms with Crippen molar-refractivity contribution in [2.45, 2.75) is 0 Å². The standard InChI is InChI=1S/C21H19N5O7/c1-31-16-7-5-4-6-15(16)25-19-17(26(29)30)18(22-11-23-19)24-14-9-12(20(27)32-2)8-13(10-14)21(28)33-3/h4-11H,1-3H3,(H2,22,23,24,25). The first-order chi connectivity index (χ1) is 15.9. The Balaban J connectivity index is 2.05. The Morgan fingerprint density at radius 2 is 1.48 bits per heavy atom. The number of carbonyl (C=O) groups excluding carboxylic acids is 2. The maximum absolute atomic E-state index is 12.0. The molecule has 1 heterocycles. The van der Waals surface area contributed by atoms with Crippen LogP contribution < -0.4 is 15.4 Å². The largest absolute Gasteiger partial charge is 0.495 e. The molecule has 0 radical (unpaired) electrons. The van der Waals surface area contributed by atoms with Crippen LogP contribution >= 0.6 is 0 Å². The van der Waals surface area contributed by atoms with Gasteiger partial charge in [0.1, 0.15) is 12.1 Å². The Hall–Kier alpha value is -4.74. The van der Waals surface area contributed by atoms with Crippen LogP contribution in [0.25, 0.3) is 0 Å². The molecule has 0 atom stereocenters. The third kappa shape index (κ3) is 5.12. The van der Waals surface area contributed by atoms with Crippen LogP contribution in [0, 0.1) is 10.1 Å². The van der Waals surface area contributed by atoms with Crippen LogP contribution in [0.2, 0.25) is 0 Å². The highest BCUT2D eigenvalue weighted by Gasteiger charge is 2.25. The molecular weight excluding hydrogens is 434 g/mol. The smallest absolute Gasteiger partial charge is 0.353 e. The van der Waals surface area contributed by atoms with Gasteiger partial charge in [-0.3, -0.25) is 10.1 Å². The molecule has 3 rings (SSSR count). The molecule has 0 bridgehead atoms. The van der Waals surface area contributed by atoms with Gasteiger partial charge in [0.15, 0.2) is 0 Å². The van der Waals surface area contributed by atoms with Crippen LogP contribution in [0.1, 0.15) is 20.7 Å². The number of hydrogen-bond donors (Lipinski definition) is 2. The van der Waals surface area contributed by atoms with Crippen molar-refractivity contribution in [3.8, 4) is 5.75 Å². The maximum atomic E-state index is 12.0. The Labute approximate surface area is 187 Å². The summed E-state index contributed by atoms with van der Waals surface area (Å²) in [6, 6.07) is 10.8. The summed E-state index contributed by atoms with van der Waals surface area (Å²) in [6.45, 7) is 0. The van der Waals surface area contributed by atoms with Gasteiger partial charge in [-0.05, 0) is 30.3 Å². The van der Waals surface area contributed by atoms with E-state index in [1.807, 2.05) is 0 Å². The number of para-hydroxylation sites is 2. The topological polar surface area (TPSA) is 155 Å². The van der Waals surface area contributed by atoms with Crippen molar-refractivity contribution in [1.29, 1.82) is 0 Å². The molecule has 12 heteroatoms. The molecule has 0 spiro atoms. The van der Waals surface area contributed by atoms with E-state index in [-0.39, 0.29) is 28.5 Å². The van der Waals surface area contributed by atoms with E-state index in [1.54, 1.807) is 24.3 Å². The number of esters is 2. The van der Waals surface area contributed by atoms with Crippen molar-refractivity contribution < 1.29 is 28.7 Å². The molecule has 2 N–H and O–H groups in total. The predicted octanol–water partition coefficient (Wildman–Crippen LogP) is 3.45. The highest BCUT2D eigenvalue weighted by atomic mass is 16.6. The highest BCUT2D eigenvalue weighted by molar-refractivity contribution is 5.97. The summed E-state index contributed by atoms with van der Waals surface area (Å²) < 4.78 is 14.7. The van der Waals surface area contributed by atoms with Crippen LogP contribution in [-0.4, -0.2) is 48.2 Å². The molecule has 0 saturated carbocycles. The molecule has 0 fully saturated rings. The monoisotopic (exact) mass is 453 g/mol. The average molecular weight is 453 g/mol. The van der Waals surface area contributed by atoms with Crippen molar-refractivity contribution >= 4 is 40.6 Å². The molecule has 0 unspecified atom stereocenters. The zero-order valence-corrected chi connectivity index (χ0v) is 17.8. The van der Waals surface area contributed by atoms with Crippen molar-refractivity contribution in [2.75, 3.05) is 32.0 Å². The fraction of sp³-hybridized carbons (Fsp3) is 0.143. The Morgan fingerprint density at radius 1 is 0.909 bits per heavy atom. The average Bonchev–Trinajstić information content (AvgIpc) is 2.83. The van der Waals surface area contributed by atoms with E-state index < -0.39 is 22.5 Å². The first-order valence-corrected chi connectivity index (χ1v) is 9.36. The molecule has 3 aromatic rings. The van der Waals surface area contributed by atoms with Crippen molar-refractivity contribution in [3.63, 3.8) is 0 Å². The summed E-state index contributed by atoms with van der Waals surface area (Å²) in [5, 5.41) is 17.5. The van der Waals surface area contributed by atoms with Crippen LogP contribution in [0.4, 0.5) is 28.7 Å². The summed E-state index contributed by atoms with van der Waals surface area (Å²) in [4.78, 5) is 43.2. The molecule has 1 aromatic heterocycles. The summed E-state index contributed by atoms with van der Waals surface area (Å²) in [5.74, 6) is -1.24. The van der Waals surface area contributed by atoms with E-state index in [0.717, 1.165) is 6.33 Å². The number of nitrogens with zero attached hydrogens (tertiary/aromatic N) is 3. The number of nitro groups is 1. The van der Waals surface area contributed by atoms with E-state index in [4.69, 9.17) is 14.2 Å². The number of anilines is 4. The second-order valence-electron chi connectivity index (χ2n) is 6.41. The quantitative estimate of drug-likeness (QED) is 0.293. The molecule has 170 valence electrons. The van der Waals surface area contributed by atoms with Gasteiger partial charge < -0.3 is 24.8 Å². The molecule has 0 aliphatic heterocycles. The molecule has 0 aliphatic carbocycles. The van der Waals surface area contributed by atoms with Gasteiger partial charge in [-0.25, -0.2) is 19.6 Å². The SMILES string of the molecule is COC(=O)c1cc(Nc2ncnc(Nc3ccccc3OC)c2[N+](=O)[O-])cc(C(=O)OC)c1. The van der Waals surface area contributed by atoms with E-state index in [2.05, 4.69) is 20.6 Å². The van der Waals surface area contributed by atoms with Gasteiger partial charge in [0.25, 0.3) is 0 Å². The van der Waals surface area contributed by atoms with Crippen molar-refractivity contribution in [2.24, 2.45) is 0 Å². The minimum atomic E-state index is -0.709. The van der Waals surface area contributed by atoms with Gasteiger partial charge in [-0.2, -0.15) is 0 Å². The van der Waals surface area contributed by atoms with Crippen LogP contribution in [0.5, 0.6) is 5.75 Å². The van der Waals surface area contributed by atoms with E-state index >= 15 is 0 Å². The molecule has 0 aliphatic rings. The fourth-order valence-electron chi connectivity index (χ4n) is 2.92. The number of nitrogens with one attached hydrogen (secondary N) is 2. The molecule has 33 heavy (non-hydrogen) atoms. The third-order valence-electron chi connectivity index (χ3n) is 4.40. The Kier molecular flexibility index (Phi) is 6.98. The third-order valence-corrected chi connectivity index (χ3v) is 4.40. The molecular formula is C21H19N5O7. The lowest BCUT2D eigenvalue weighted by Gasteiger charge is -2.13. The number of rotatable bonds is 8. The second-order valence-corrected chi connectivity index (χ2v) is 6.41. The lowest BCUT2D eigenvalue weighted by Crippen LogP contribution is -2.09. The molecule has 0 saturated heterocycles. The number of hydrogen-bond acceptors (Lipinski definition) is 11. The first kappa shape index (κ1) is 22.9. The number of aromatic nitrogens is 2. The Morgan fingerprint density at radius 3 is 2.03 bits per heavy atom. The lowest BCUT2D eigenvalue weighted by molar-refractivity contribution is -0.383. The van der Waals surface area contributed by atoms with Gasteiger partial charge in [0, 0.05) is 5.69 Å². The second kappa shape index (κ2) is 10.0. The minimum Gasteiger partial charge on any atom is -0.495 e. The molecule has 0 amide bonds. The molecule has 2 aromatic carbocycles. The van der Waals surface area contributed by atoms with E-state index in [0.29, 0.717) is 11.4 Å². The first-order valence-electron chi connectivity index (χ1n) is 9.36. The van der Waals surface area contributed by atoms with Gasteiger partial charge >= 0.3 is 17.6 Å². The lowest BCUT2D eigenvalue weighted by atomic mass is 10.1. The van der Waals surface area contributed by atoms with Gasteiger partial charge in [0.05, 0.1) is 43.1 Å². The minimum absolute atomic E-state index is 0.0342. The van der Waals surface area contributed by atoms with Gasteiger partial charge in [0.2, 0.25) is 11.6 Å².